The Kier molecular flexibility index (Phi) is 6.09. The van der Waals surface area contributed by atoms with Gasteiger partial charge in [0.2, 0.25) is 0 Å². The van der Waals surface area contributed by atoms with Crippen LogP contribution in [-0.4, -0.2) is 6.67 Å². The average Bonchev–Trinajstić information content (AvgIpc) is 2.10. The van der Waals surface area contributed by atoms with Crippen LogP contribution in [0, 0.1) is 6.92 Å². The summed E-state index contributed by atoms with van der Waals surface area (Å²) in [5.41, 5.74) is 7.67. The molecule has 1 rings (SSSR count). The number of hydrogen-bond acceptors (Lipinski definition) is 1. The lowest BCUT2D eigenvalue weighted by molar-refractivity contribution is 0.442. The Morgan fingerprint density at radius 2 is 2.14 bits per heavy atom. The second-order valence-corrected chi connectivity index (χ2v) is 3.50. The summed E-state index contributed by atoms with van der Waals surface area (Å²) in [4.78, 5) is 0. The predicted octanol–water partition coefficient (Wildman–Crippen LogP) is 3.43. The number of alkyl halides is 1. The van der Waals surface area contributed by atoms with Gasteiger partial charge in [0.25, 0.3) is 0 Å². The molecule has 1 nitrogen and oxygen atoms in total. The van der Waals surface area contributed by atoms with Gasteiger partial charge in [-0.3, -0.25) is 4.39 Å². The van der Waals surface area contributed by atoms with E-state index in [9.17, 15) is 4.39 Å². The molecule has 1 aromatic carbocycles. The second kappa shape index (κ2) is 6.23. The van der Waals surface area contributed by atoms with Crippen molar-refractivity contribution in [3.63, 3.8) is 0 Å². The number of nitrogens with two attached hydrogens (primary N) is 1. The molecule has 80 valence electrons. The Hall–Kier alpha value is -0.310. The normalized spacial score (nSPS) is 12.0. The van der Waals surface area contributed by atoms with Gasteiger partial charge >= 0.3 is 0 Å². The number of aryl methyl sites for hydroxylation is 1. The lowest BCUT2D eigenvalue weighted by atomic mass is 10.0. The van der Waals surface area contributed by atoms with Crippen molar-refractivity contribution in [2.75, 3.05) is 6.67 Å². The minimum atomic E-state index is -0.386. The zero-order valence-electron chi connectivity index (χ0n) is 7.97. The third kappa shape index (κ3) is 3.45. The first-order valence-corrected chi connectivity index (χ1v) is 4.60. The molecule has 0 radical (unpaired) electrons. The fraction of sp³-hybridized carbons (Fsp3) is 0.400. The van der Waals surface area contributed by atoms with Gasteiger partial charge in [0.1, 0.15) is 0 Å². The summed E-state index contributed by atoms with van der Waals surface area (Å²) in [5.74, 6) is 0. The summed E-state index contributed by atoms with van der Waals surface area (Å²) in [6.07, 6.45) is 0.362. The van der Waals surface area contributed by atoms with E-state index in [1.807, 2.05) is 19.1 Å². The molecule has 0 aromatic heterocycles. The van der Waals surface area contributed by atoms with Crippen LogP contribution in [0.15, 0.2) is 18.2 Å². The molecule has 0 aliphatic carbocycles. The Balaban J connectivity index is 0.00000169. The highest BCUT2D eigenvalue weighted by Crippen LogP contribution is 2.21. The number of hydrogen-bond donors (Lipinski definition) is 1. The van der Waals surface area contributed by atoms with Gasteiger partial charge in [-0.2, -0.15) is 0 Å². The number of rotatable bonds is 3. The van der Waals surface area contributed by atoms with Gasteiger partial charge in [0, 0.05) is 11.1 Å². The molecule has 0 saturated heterocycles. The average molecular weight is 238 g/mol. The van der Waals surface area contributed by atoms with Crippen LogP contribution in [0.4, 0.5) is 4.39 Å². The van der Waals surface area contributed by atoms with E-state index in [1.165, 1.54) is 0 Å². The van der Waals surface area contributed by atoms with Crippen LogP contribution in [-0.2, 0) is 0 Å². The number of halogens is 3. The van der Waals surface area contributed by atoms with Crippen molar-refractivity contribution in [1.82, 2.24) is 0 Å². The SMILES string of the molecule is Cc1cc([C@@H](N)CCF)ccc1Cl.Cl. The van der Waals surface area contributed by atoms with Crippen molar-refractivity contribution in [1.29, 1.82) is 0 Å². The molecule has 4 heteroatoms. The Bertz CT molecular complexity index is 291. The Morgan fingerprint density at radius 1 is 1.50 bits per heavy atom. The molecule has 0 spiro atoms. The zero-order chi connectivity index (χ0) is 9.84. The van der Waals surface area contributed by atoms with Gasteiger partial charge in [0.15, 0.2) is 0 Å². The van der Waals surface area contributed by atoms with Crippen LogP contribution >= 0.6 is 24.0 Å². The molecule has 1 aromatic rings. The van der Waals surface area contributed by atoms with Gasteiger partial charge in [-0.25, -0.2) is 0 Å². The van der Waals surface area contributed by atoms with E-state index in [2.05, 4.69) is 0 Å². The van der Waals surface area contributed by atoms with Crippen molar-refractivity contribution in [3.8, 4) is 0 Å². The molecule has 0 bridgehead atoms. The van der Waals surface area contributed by atoms with Crippen LogP contribution in [0.5, 0.6) is 0 Å². The van der Waals surface area contributed by atoms with E-state index in [0.717, 1.165) is 16.1 Å². The van der Waals surface area contributed by atoms with E-state index in [4.69, 9.17) is 17.3 Å². The summed E-state index contributed by atoms with van der Waals surface area (Å²) in [7, 11) is 0. The largest absolute Gasteiger partial charge is 0.324 e. The van der Waals surface area contributed by atoms with Crippen molar-refractivity contribution in [2.45, 2.75) is 19.4 Å². The van der Waals surface area contributed by atoms with Gasteiger partial charge < -0.3 is 5.73 Å². The maximum atomic E-state index is 12.0. The fourth-order valence-electron chi connectivity index (χ4n) is 1.18. The Labute approximate surface area is 94.9 Å². The first-order valence-electron chi connectivity index (χ1n) is 4.22. The first kappa shape index (κ1) is 13.7. The van der Waals surface area contributed by atoms with Crippen LogP contribution in [0.1, 0.15) is 23.6 Å². The molecule has 0 aliphatic heterocycles. The first-order chi connectivity index (χ1) is 6.15. The highest BCUT2D eigenvalue weighted by atomic mass is 35.5. The Morgan fingerprint density at radius 3 is 2.64 bits per heavy atom. The lowest BCUT2D eigenvalue weighted by Gasteiger charge is -2.10. The minimum Gasteiger partial charge on any atom is -0.324 e. The predicted molar refractivity (Wildman–Crippen MR) is 61.0 cm³/mol. The fourth-order valence-corrected chi connectivity index (χ4v) is 1.30. The molecule has 2 N–H and O–H groups in total. The summed E-state index contributed by atoms with van der Waals surface area (Å²) in [6, 6.07) is 5.32. The van der Waals surface area contributed by atoms with Crippen molar-refractivity contribution in [2.24, 2.45) is 5.73 Å². The lowest BCUT2D eigenvalue weighted by Crippen LogP contribution is -2.10. The highest BCUT2D eigenvalue weighted by molar-refractivity contribution is 6.31. The molecule has 1 atom stereocenters. The highest BCUT2D eigenvalue weighted by Gasteiger charge is 2.06. The van der Waals surface area contributed by atoms with Crippen LogP contribution < -0.4 is 5.73 Å². The third-order valence-corrected chi connectivity index (χ3v) is 2.45. The van der Waals surface area contributed by atoms with E-state index < -0.39 is 0 Å². The van der Waals surface area contributed by atoms with Gasteiger partial charge in [-0.15, -0.1) is 12.4 Å². The minimum absolute atomic E-state index is 0. The molecule has 0 saturated carbocycles. The van der Waals surface area contributed by atoms with Crippen LogP contribution in [0.25, 0.3) is 0 Å². The van der Waals surface area contributed by atoms with Crippen molar-refractivity contribution >= 4 is 24.0 Å². The van der Waals surface area contributed by atoms with Crippen molar-refractivity contribution in [3.05, 3.63) is 34.3 Å². The summed E-state index contributed by atoms with van der Waals surface area (Å²) < 4.78 is 12.0. The van der Waals surface area contributed by atoms with E-state index in [1.54, 1.807) is 6.07 Å². The monoisotopic (exact) mass is 237 g/mol. The number of benzene rings is 1. The smallest absolute Gasteiger partial charge is 0.0912 e. The molecule has 0 heterocycles. The topological polar surface area (TPSA) is 26.0 Å². The summed E-state index contributed by atoms with van der Waals surface area (Å²) in [5, 5.41) is 0.719. The molecule has 0 amide bonds. The van der Waals surface area contributed by atoms with Gasteiger partial charge in [-0.1, -0.05) is 23.7 Å². The van der Waals surface area contributed by atoms with Crippen LogP contribution in [0.2, 0.25) is 5.02 Å². The molecular formula is C10H14Cl2FN. The summed E-state index contributed by atoms with van der Waals surface area (Å²) in [6.45, 7) is 1.52. The second-order valence-electron chi connectivity index (χ2n) is 3.09. The van der Waals surface area contributed by atoms with E-state index in [0.29, 0.717) is 6.42 Å². The van der Waals surface area contributed by atoms with E-state index >= 15 is 0 Å². The maximum absolute atomic E-state index is 12.0. The van der Waals surface area contributed by atoms with Crippen molar-refractivity contribution < 1.29 is 4.39 Å². The molecule has 0 fully saturated rings. The molecular weight excluding hydrogens is 224 g/mol. The van der Waals surface area contributed by atoms with Crippen LogP contribution in [0.3, 0.4) is 0 Å². The molecule has 0 aliphatic rings. The quantitative estimate of drug-likeness (QED) is 0.857. The van der Waals surface area contributed by atoms with E-state index in [-0.39, 0.29) is 25.1 Å². The standard InChI is InChI=1S/C10H13ClFN.ClH/c1-7-6-8(2-3-9(7)11)10(13)4-5-12;/h2-3,6,10H,4-5,13H2,1H3;1H/t10-;/m0./s1. The molecule has 0 unspecified atom stereocenters. The maximum Gasteiger partial charge on any atom is 0.0912 e. The summed E-state index contributed by atoms with van der Waals surface area (Å²) >= 11 is 5.85. The molecule has 14 heavy (non-hydrogen) atoms. The third-order valence-electron chi connectivity index (χ3n) is 2.03. The zero-order valence-corrected chi connectivity index (χ0v) is 9.54. The van der Waals surface area contributed by atoms with Gasteiger partial charge in [-0.05, 0) is 30.5 Å². The van der Waals surface area contributed by atoms with Gasteiger partial charge in [0.05, 0.1) is 6.67 Å².